The third-order valence-corrected chi connectivity index (χ3v) is 4.78. The van der Waals surface area contributed by atoms with Crippen LogP contribution in [0.4, 0.5) is 0 Å². The number of aryl methyl sites for hydroxylation is 1. The number of rotatable bonds is 6. The molecule has 0 N–H and O–H groups in total. The summed E-state index contributed by atoms with van der Waals surface area (Å²) in [6, 6.07) is 15.9. The Morgan fingerprint density at radius 1 is 1.04 bits per heavy atom. The maximum atomic E-state index is 11.0. The molecule has 2 aromatic carbocycles. The van der Waals surface area contributed by atoms with Crippen LogP contribution in [0, 0.1) is 0 Å². The van der Waals surface area contributed by atoms with E-state index >= 15 is 0 Å². The number of carbonyl (C=O) groups excluding carboxylic acids is 1. The average molecular weight is 354 g/mol. The smallest absolute Gasteiger partial charge is 0.308 e. The SMILES string of the molecule is COc1ccc([C@@H]2CCC[C@H](CCc3ccc(OC(C)=O)cc3)O2)cc1. The fourth-order valence-corrected chi connectivity index (χ4v) is 3.39. The molecule has 0 saturated carbocycles. The molecule has 0 amide bonds. The van der Waals surface area contributed by atoms with Gasteiger partial charge < -0.3 is 14.2 Å². The van der Waals surface area contributed by atoms with E-state index in [1.807, 2.05) is 36.4 Å². The summed E-state index contributed by atoms with van der Waals surface area (Å²) in [7, 11) is 1.68. The number of hydrogen-bond acceptors (Lipinski definition) is 4. The molecule has 2 aromatic rings. The summed E-state index contributed by atoms with van der Waals surface area (Å²) in [4.78, 5) is 11.0. The molecule has 4 nitrogen and oxygen atoms in total. The minimum atomic E-state index is -0.294. The third-order valence-electron chi connectivity index (χ3n) is 4.78. The van der Waals surface area contributed by atoms with Gasteiger partial charge in [0, 0.05) is 6.92 Å². The molecule has 1 aliphatic rings. The topological polar surface area (TPSA) is 44.8 Å². The van der Waals surface area contributed by atoms with E-state index in [2.05, 4.69) is 12.1 Å². The van der Waals surface area contributed by atoms with Crippen molar-refractivity contribution in [1.82, 2.24) is 0 Å². The second kappa shape index (κ2) is 8.86. The van der Waals surface area contributed by atoms with Gasteiger partial charge in [-0.25, -0.2) is 0 Å². The monoisotopic (exact) mass is 354 g/mol. The predicted octanol–water partition coefficient (Wildman–Crippen LogP) is 4.86. The van der Waals surface area contributed by atoms with Gasteiger partial charge in [0.1, 0.15) is 11.5 Å². The quantitative estimate of drug-likeness (QED) is 0.549. The lowest BCUT2D eigenvalue weighted by Gasteiger charge is -2.30. The zero-order valence-corrected chi connectivity index (χ0v) is 15.4. The molecular formula is C22H26O4. The second-order valence-corrected chi connectivity index (χ2v) is 6.73. The van der Waals surface area contributed by atoms with E-state index < -0.39 is 0 Å². The average Bonchev–Trinajstić information content (AvgIpc) is 2.67. The zero-order chi connectivity index (χ0) is 18.4. The highest BCUT2D eigenvalue weighted by Gasteiger charge is 2.23. The van der Waals surface area contributed by atoms with Crippen molar-refractivity contribution >= 4 is 5.97 Å². The van der Waals surface area contributed by atoms with Crippen molar-refractivity contribution < 1.29 is 19.0 Å². The molecule has 26 heavy (non-hydrogen) atoms. The van der Waals surface area contributed by atoms with E-state index in [1.54, 1.807) is 7.11 Å². The molecule has 0 aromatic heterocycles. The van der Waals surface area contributed by atoms with Crippen LogP contribution < -0.4 is 9.47 Å². The van der Waals surface area contributed by atoms with Gasteiger partial charge in [-0.2, -0.15) is 0 Å². The lowest BCUT2D eigenvalue weighted by atomic mass is 9.95. The minimum Gasteiger partial charge on any atom is -0.497 e. The summed E-state index contributed by atoms with van der Waals surface area (Å²) in [5.74, 6) is 1.17. The molecule has 1 saturated heterocycles. The van der Waals surface area contributed by atoms with Crippen molar-refractivity contribution in [2.24, 2.45) is 0 Å². The van der Waals surface area contributed by atoms with Crippen LogP contribution >= 0.6 is 0 Å². The van der Waals surface area contributed by atoms with Gasteiger partial charge in [-0.1, -0.05) is 24.3 Å². The van der Waals surface area contributed by atoms with Crippen molar-refractivity contribution in [2.75, 3.05) is 7.11 Å². The van der Waals surface area contributed by atoms with Crippen molar-refractivity contribution in [1.29, 1.82) is 0 Å². The van der Waals surface area contributed by atoms with Crippen LogP contribution in [0.2, 0.25) is 0 Å². The van der Waals surface area contributed by atoms with Gasteiger partial charge in [0.25, 0.3) is 0 Å². The van der Waals surface area contributed by atoms with Crippen molar-refractivity contribution in [2.45, 2.75) is 51.2 Å². The van der Waals surface area contributed by atoms with E-state index in [0.29, 0.717) is 5.75 Å². The van der Waals surface area contributed by atoms with Gasteiger partial charge in [0.2, 0.25) is 0 Å². The first-order chi connectivity index (χ1) is 12.6. The molecule has 138 valence electrons. The Morgan fingerprint density at radius 3 is 2.38 bits per heavy atom. The molecule has 1 fully saturated rings. The first-order valence-electron chi connectivity index (χ1n) is 9.21. The first-order valence-corrected chi connectivity index (χ1v) is 9.21. The molecule has 0 unspecified atom stereocenters. The third kappa shape index (κ3) is 5.09. The molecule has 4 heteroatoms. The maximum absolute atomic E-state index is 11.0. The molecule has 1 aliphatic heterocycles. The number of ether oxygens (including phenoxy) is 3. The molecule has 0 aliphatic carbocycles. The van der Waals surface area contributed by atoms with Gasteiger partial charge in [0.15, 0.2) is 0 Å². The van der Waals surface area contributed by atoms with Gasteiger partial charge in [0.05, 0.1) is 19.3 Å². The highest BCUT2D eigenvalue weighted by atomic mass is 16.5. The van der Waals surface area contributed by atoms with E-state index in [9.17, 15) is 4.79 Å². The number of hydrogen-bond donors (Lipinski definition) is 0. The van der Waals surface area contributed by atoms with Crippen LogP contribution in [-0.4, -0.2) is 19.2 Å². The fourth-order valence-electron chi connectivity index (χ4n) is 3.39. The van der Waals surface area contributed by atoms with Crippen molar-refractivity contribution in [3.05, 3.63) is 59.7 Å². The van der Waals surface area contributed by atoms with E-state index in [4.69, 9.17) is 14.2 Å². The Balaban J connectivity index is 1.52. The molecule has 0 radical (unpaired) electrons. The van der Waals surface area contributed by atoms with Crippen LogP contribution in [0.1, 0.15) is 49.8 Å². The Morgan fingerprint density at radius 2 is 1.73 bits per heavy atom. The molecular weight excluding hydrogens is 328 g/mol. The highest BCUT2D eigenvalue weighted by Crippen LogP contribution is 2.33. The van der Waals surface area contributed by atoms with Crippen LogP contribution in [0.15, 0.2) is 48.5 Å². The lowest BCUT2D eigenvalue weighted by Crippen LogP contribution is -2.23. The molecule has 0 bridgehead atoms. The van der Waals surface area contributed by atoms with Crippen LogP contribution in [0.25, 0.3) is 0 Å². The number of methoxy groups -OCH3 is 1. The standard InChI is InChI=1S/C22H26O4/c1-16(23)25-21-12-7-17(8-13-21)6-11-20-4-3-5-22(26-20)18-9-14-19(24-2)15-10-18/h7-10,12-15,20,22H,3-6,11H2,1-2H3/t20-,22+/m1/s1. The molecule has 2 atom stereocenters. The highest BCUT2D eigenvalue weighted by molar-refractivity contribution is 5.69. The molecule has 3 rings (SSSR count). The van der Waals surface area contributed by atoms with Gasteiger partial charge in [-0.3, -0.25) is 4.79 Å². The fraction of sp³-hybridized carbons (Fsp3) is 0.409. The van der Waals surface area contributed by atoms with Gasteiger partial charge in [-0.05, 0) is 67.5 Å². The second-order valence-electron chi connectivity index (χ2n) is 6.73. The maximum Gasteiger partial charge on any atom is 0.308 e. The summed E-state index contributed by atoms with van der Waals surface area (Å²) in [5, 5.41) is 0. The predicted molar refractivity (Wildman–Crippen MR) is 101 cm³/mol. The number of benzene rings is 2. The first kappa shape index (κ1) is 18.5. The summed E-state index contributed by atoms with van der Waals surface area (Å²) >= 11 is 0. The molecule has 0 spiro atoms. The Hall–Kier alpha value is -2.33. The number of esters is 1. The normalized spacial score (nSPS) is 19.8. The van der Waals surface area contributed by atoms with Gasteiger partial charge in [-0.15, -0.1) is 0 Å². The zero-order valence-electron chi connectivity index (χ0n) is 15.4. The largest absolute Gasteiger partial charge is 0.497 e. The molecule has 1 heterocycles. The van der Waals surface area contributed by atoms with E-state index in [0.717, 1.165) is 31.4 Å². The van der Waals surface area contributed by atoms with E-state index in [-0.39, 0.29) is 18.2 Å². The summed E-state index contributed by atoms with van der Waals surface area (Å²) < 4.78 is 16.6. The number of carbonyl (C=O) groups is 1. The Kier molecular flexibility index (Phi) is 6.29. The van der Waals surface area contributed by atoms with Crippen molar-refractivity contribution in [3.8, 4) is 11.5 Å². The van der Waals surface area contributed by atoms with Crippen LogP contribution in [0.3, 0.4) is 0 Å². The van der Waals surface area contributed by atoms with Crippen molar-refractivity contribution in [3.63, 3.8) is 0 Å². The van der Waals surface area contributed by atoms with Crippen LogP contribution in [0.5, 0.6) is 11.5 Å². The lowest BCUT2D eigenvalue weighted by molar-refractivity contribution is -0.131. The summed E-state index contributed by atoms with van der Waals surface area (Å²) in [5.41, 5.74) is 2.46. The van der Waals surface area contributed by atoms with Gasteiger partial charge >= 0.3 is 5.97 Å². The summed E-state index contributed by atoms with van der Waals surface area (Å²) in [6.07, 6.45) is 5.78. The van der Waals surface area contributed by atoms with Crippen LogP contribution in [-0.2, 0) is 16.0 Å². The minimum absolute atomic E-state index is 0.172. The Labute approximate surface area is 155 Å². The summed E-state index contributed by atoms with van der Waals surface area (Å²) in [6.45, 7) is 1.41. The van der Waals surface area contributed by atoms with E-state index in [1.165, 1.54) is 24.5 Å². The Bertz CT molecular complexity index is 706.